The minimum absolute atomic E-state index is 0.343. The van der Waals surface area contributed by atoms with Crippen LogP contribution in [0.5, 0.6) is 0 Å². The van der Waals surface area contributed by atoms with Gasteiger partial charge >= 0.3 is 0 Å². The topological polar surface area (TPSA) is 0 Å². The Kier molecular flexibility index (Phi) is 2.22. The smallest absolute Gasteiger partial charge is 0.00411 e. The lowest BCUT2D eigenvalue weighted by Gasteiger charge is -2.32. The third kappa shape index (κ3) is 1.42. The van der Waals surface area contributed by atoms with Crippen LogP contribution < -0.4 is 0 Å². The Hall–Kier alpha value is -0.780. The van der Waals surface area contributed by atoms with Crippen molar-refractivity contribution in [3.8, 4) is 0 Å². The Balaban J connectivity index is 2.61. The molecule has 0 saturated heterocycles. The molecule has 0 fully saturated rings. The SMILES string of the molecule is CC(C)C1(C)CC(C)(C)c2ccccc21. The van der Waals surface area contributed by atoms with E-state index in [1.807, 2.05) is 0 Å². The van der Waals surface area contributed by atoms with Crippen molar-refractivity contribution < 1.29 is 0 Å². The summed E-state index contributed by atoms with van der Waals surface area (Å²) in [4.78, 5) is 0. The van der Waals surface area contributed by atoms with E-state index in [9.17, 15) is 0 Å². The zero-order valence-corrected chi connectivity index (χ0v) is 10.6. The Morgan fingerprint density at radius 1 is 1.00 bits per heavy atom. The van der Waals surface area contributed by atoms with Gasteiger partial charge in [0, 0.05) is 0 Å². The summed E-state index contributed by atoms with van der Waals surface area (Å²) >= 11 is 0. The molecule has 15 heavy (non-hydrogen) atoms. The molecule has 1 aliphatic carbocycles. The summed E-state index contributed by atoms with van der Waals surface area (Å²) < 4.78 is 0. The molecule has 2 rings (SSSR count). The van der Waals surface area contributed by atoms with Gasteiger partial charge in [0.05, 0.1) is 0 Å². The first-order valence-corrected chi connectivity index (χ1v) is 5.98. The number of hydrogen-bond acceptors (Lipinski definition) is 0. The van der Waals surface area contributed by atoms with Crippen LogP contribution in [-0.4, -0.2) is 0 Å². The summed E-state index contributed by atoms with van der Waals surface area (Å²) in [5.74, 6) is 0.709. The molecule has 0 radical (unpaired) electrons. The van der Waals surface area contributed by atoms with Crippen LogP contribution in [0.3, 0.4) is 0 Å². The van der Waals surface area contributed by atoms with Crippen molar-refractivity contribution in [1.29, 1.82) is 0 Å². The summed E-state index contributed by atoms with van der Waals surface area (Å²) in [6.45, 7) is 11.9. The van der Waals surface area contributed by atoms with E-state index in [-0.39, 0.29) is 0 Å². The van der Waals surface area contributed by atoms with Crippen molar-refractivity contribution >= 4 is 0 Å². The summed E-state index contributed by atoms with van der Waals surface area (Å²) in [7, 11) is 0. The van der Waals surface area contributed by atoms with E-state index in [0.717, 1.165) is 0 Å². The van der Waals surface area contributed by atoms with Crippen molar-refractivity contribution in [3.63, 3.8) is 0 Å². The maximum Gasteiger partial charge on any atom is -0.00411 e. The van der Waals surface area contributed by atoms with Crippen molar-refractivity contribution in [3.05, 3.63) is 35.4 Å². The Labute approximate surface area is 93.7 Å². The molecule has 0 nitrogen and oxygen atoms in total. The summed E-state index contributed by atoms with van der Waals surface area (Å²) in [6.07, 6.45) is 1.27. The zero-order chi connectivity index (χ0) is 11.3. The highest BCUT2D eigenvalue weighted by Gasteiger charge is 2.45. The largest absolute Gasteiger partial charge is 0.0620 e. The van der Waals surface area contributed by atoms with Gasteiger partial charge in [-0.25, -0.2) is 0 Å². The summed E-state index contributed by atoms with van der Waals surface area (Å²) in [6, 6.07) is 8.99. The summed E-state index contributed by atoms with van der Waals surface area (Å²) in [5.41, 5.74) is 3.83. The molecule has 0 bridgehead atoms. The van der Waals surface area contributed by atoms with Crippen molar-refractivity contribution in [1.82, 2.24) is 0 Å². The molecule has 0 heterocycles. The predicted octanol–water partition coefficient (Wildman–Crippen LogP) is 4.28. The molecule has 82 valence electrons. The van der Waals surface area contributed by atoms with Crippen molar-refractivity contribution in [2.75, 3.05) is 0 Å². The van der Waals surface area contributed by atoms with E-state index in [2.05, 4.69) is 58.9 Å². The second-order valence-corrected chi connectivity index (χ2v) is 6.18. The van der Waals surface area contributed by atoms with E-state index < -0.39 is 0 Å². The van der Waals surface area contributed by atoms with E-state index in [0.29, 0.717) is 16.7 Å². The highest BCUT2D eigenvalue weighted by molar-refractivity contribution is 5.45. The quantitative estimate of drug-likeness (QED) is 0.637. The second-order valence-electron chi connectivity index (χ2n) is 6.18. The lowest BCUT2D eigenvalue weighted by molar-refractivity contribution is 0.290. The zero-order valence-electron chi connectivity index (χ0n) is 10.6. The standard InChI is InChI=1S/C15H22/c1-11(2)15(5)10-14(3,4)12-8-6-7-9-13(12)15/h6-9,11H,10H2,1-5H3. The lowest BCUT2D eigenvalue weighted by atomic mass is 9.72. The van der Waals surface area contributed by atoms with Gasteiger partial charge in [0.25, 0.3) is 0 Å². The van der Waals surface area contributed by atoms with Crippen LogP contribution in [0.25, 0.3) is 0 Å². The molecule has 0 aliphatic heterocycles. The van der Waals surface area contributed by atoms with Gasteiger partial charge < -0.3 is 0 Å². The molecule has 0 amide bonds. The molecule has 0 aromatic heterocycles. The normalized spacial score (nSPS) is 28.1. The molecule has 0 N–H and O–H groups in total. The first kappa shape index (κ1) is 10.7. The van der Waals surface area contributed by atoms with Crippen LogP contribution in [0.4, 0.5) is 0 Å². The molecule has 1 unspecified atom stereocenters. The third-order valence-corrected chi connectivity index (χ3v) is 4.35. The van der Waals surface area contributed by atoms with Gasteiger partial charge in [0.2, 0.25) is 0 Å². The van der Waals surface area contributed by atoms with Gasteiger partial charge in [-0.1, -0.05) is 58.9 Å². The molecule has 1 aromatic carbocycles. The van der Waals surface area contributed by atoms with Gasteiger partial charge in [0.15, 0.2) is 0 Å². The fourth-order valence-electron chi connectivity index (χ4n) is 3.19. The van der Waals surface area contributed by atoms with Crippen LogP contribution in [0.15, 0.2) is 24.3 Å². The average Bonchev–Trinajstić information content (AvgIpc) is 2.37. The Bertz CT molecular complexity index is 373. The van der Waals surface area contributed by atoms with E-state index in [4.69, 9.17) is 0 Å². The van der Waals surface area contributed by atoms with Crippen molar-refractivity contribution in [2.24, 2.45) is 5.92 Å². The number of benzene rings is 1. The van der Waals surface area contributed by atoms with E-state index >= 15 is 0 Å². The Morgan fingerprint density at radius 3 is 2.07 bits per heavy atom. The van der Waals surface area contributed by atoms with Crippen molar-refractivity contribution in [2.45, 2.75) is 51.9 Å². The second kappa shape index (κ2) is 3.10. The molecule has 0 spiro atoms. The third-order valence-electron chi connectivity index (χ3n) is 4.35. The van der Waals surface area contributed by atoms with Gasteiger partial charge in [0.1, 0.15) is 0 Å². The van der Waals surface area contributed by atoms with Gasteiger partial charge in [-0.3, -0.25) is 0 Å². The molecule has 1 aromatic rings. The molecule has 0 heteroatoms. The number of rotatable bonds is 1. The maximum absolute atomic E-state index is 2.42. The van der Waals surface area contributed by atoms with Gasteiger partial charge in [-0.15, -0.1) is 0 Å². The Morgan fingerprint density at radius 2 is 1.53 bits per heavy atom. The fourth-order valence-corrected chi connectivity index (χ4v) is 3.19. The minimum atomic E-state index is 0.343. The molecular formula is C15H22. The monoisotopic (exact) mass is 202 g/mol. The average molecular weight is 202 g/mol. The van der Waals surface area contributed by atoms with Gasteiger partial charge in [-0.05, 0) is 34.3 Å². The molecule has 1 aliphatic rings. The van der Waals surface area contributed by atoms with E-state index in [1.54, 1.807) is 11.1 Å². The van der Waals surface area contributed by atoms with Crippen LogP contribution in [0.2, 0.25) is 0 Å². The fraction of sp³-hybridized carbons (Fsp3) is 0.600. The molecule has 0 saturated carbocycles. The highest BCUT2D eigenvalue weighted by atomic mass is 14.5. The van der Waals surface area contributed by atoms with E-state index in [1.165, 1.54) is 6.42 Å². The maximum atomic E-state index is 2.42. The molecular weight excluding hydrogens is 180 g/mol. The minimum Gasteiger partial charge on any atom is -0.0620 e. The number of hydrogen-bond donors (Lipinski definition) is 0. The van der Waals surface area contributed by atoms with Gasteiger partial charge in [-0.2, -0.15) is 0 Å². The first-order valence-electron chi connectivity index (χ1n) is 5.98. The van der Waals surface area contributed by atoms with Crippen LogP contribution in [0, 0.1) is 5.92 Å². The van der Waals surface area contributed by atoms with Crippen LogP contribution >= 0.6 is 0 Å². The first-order chi connectivity index (χ1) is 6.88. The predicted molar refractivity (Wildman–Crippen MR) is 66.3 cm³/mol. The summed E-state index contributed by atoms with van der Waals surface area (Å²) in [5, 5.41) is 0. The molecule has 1 atom stereocenters. The lowest BCUT2D eigenvalue weighted by Crippen LogP contribution is -2.27. The van der Waals surface area contributed by atoms with Crippen LogP contribution in [-0.2, 0) is 10.8 Å². The highest BCUT2D eigenvalue weighted by Crippen LogP contribution is 2.52. The van der Waals surface area contributed by atoms with Crippen LogP contribution in [0.1, 0.15) is 52.2 Å². The number of fused-ring (bicyclic) bond motifs is 1.